The van der Waals surface area contributed by atoms with Crippen LogP contribution in [0.5, 0.6) is 0 Å². The topological polar surface area (TPSA) is 90.9 Å². The molecule has 0 aliphatic carbocycles. The van der Waals surface area contributed by atoms with E-state index in [4.69, 9.17) is 14.6 Å². The van der Waals surface area contributed by atoms with Crippen LogP contribution in [0.25, 0.3) is 0 Å². The minimum atomic E-state index is -2.22. The lowest BCUT2D eigenvalue weighted by Gasteiger charge is -2.07. The molecule has 0 radical (unpaired) electrons. The summed E-state index contributed by atoms with van der Waals surface area (Å²) < 4.78 is 31.9. The Hall–Kier alpha value is -0.0500. The molecule has 0 aromatic rings. The van der Waals surface area contributed by atoms with Crippen molar-refractivity contribution in [3.63, 3.8) is 0 Å². The lowest BCUT2D eigenvalue weighted by atomic mass is 10.7. The molecule has 0 bridgehead atoms. The fraction of sp³-hybridized carbons (Fsp3) is 1.00. The molecule has 0 aromatic heterocycles. The Morgan fingerprint density at radius 1 is 1.23 bits per heavy atom. The molecule has 0 amide bonds. The van der Waals surface area contributed by atoms with Gasteiger partial charge in [0.2, 0.25) is 0 Å². The average molecular weight is 212 g/mol. The minimum Gasteiger partial charge on any atom is -0.760 e. The largest absolute Gasteiger partial charge is 0.760 e. The summed E-state index contributed by atoms with van der Waals surface area (Å²) in [6, 6.07) is 0. The summed E-state index contributed by atoms with van der Waals surface area (Å²) in [5, 5.41) is 8.32. The fourth-order valence-electron chi connectivity index (χ4n) is 0.584. The molecular weight excluding hydrogens is 198 g/mol. The summed E-state index contributed by atoms with van der Waals surface area (Å²) >= 11 is -2.22. The van der Waals surface area contributed by atoms with Gasteiger partial charge in [-0.05, 0) is 0 Å². The number of rotatable bonds is 9. The summed E-state index contributed by atoms with van der Waals surface area (Å²) in [6.07, 6.45) is 0. The quantitative estimate of drug-likeness (QED) is 0.354. The van der Waals surface area contributed by atoms with Gasteiger partial charge in [-0.3, -0.25) is 4.21 Å². The Morgan fingerprint density at radius 3 is 2.38 bits per heavy atom. The van der Waals surface area contributed by atoms with Gasteiger partial charge in [0.1, 0.15) is 0 Å². The predicted molar refractivity (Wildman–Crippen MR) is 45.6 cm³/mol. The molecule has 2 N–H and O–H groups in total. The molecule has 0 rings (SSSR count). The molecule has 0 aliphatic heterocycles. The molecule has 7 heteroatoms. The molecule has 0 heterocycles. The van der Waals surface area contributed by atoms with Gasteiger partial charge in [-0.25, -0.2) is 4.72 Å². The first-order valence-corrected chi connectivity index (χ1v) is 4.94. The van der Waals surface area contributed by atoms with Crippen LogP contribution in [0.2, 0.25) is 0 Å². The second-order valence-corrected chi connectivity index (χ2v) is 2.84. The van der Waals surface area contributed by atoms with Gasteiger partial charge < -0.3 is 19.1 Å². The zero-order chi connectivity index (χ0) is 9.94. The number of hydrogen-bond acceptors (Lipinski definition) is 5. The molecule has 6 nitrogen and oxygen atoms in total. The Kier molecular flexibility index (Phi) is 10.00. The van der Waals surface area contributed by atoms with E-state index in [9.17, 15) is 8.76 Å². The molecule has 13 heavy (non-hydrogen) atoms. The highest BCUT2D eigenvalue weighted by atomic mass is 32.2. The zero-order valence-electron chi connectivity index (χ0n) is 7.23. The van der Waals surface area contributed by atoms with Crippen LogP contribution < -0.4 is 4.72 Å². The third-order valence-electron chi connectivity index (χ3n) is 1.07. The smallest absolute Gasteiger partial charge is 0.0701 e. The average Bonchev–Trinajstić information content (AvgIpc) is 2.09. The Bertz CT molecular complexity index is 134. The summed E-state index contributed by atoms with van der Waals surface area (Å²) in [5.74, 6) is 0. The van der Waals surface area contributed by atoms with Crippen LogP contribution in [0.3, 0.4) is 0 Å². The van der Waals surface area contributed by atoms with Gasteiger partial charge in [0.15, 0.2) is 0 Å². The molecule has 0 fully saturated rings. The molecule has 0 aromatic carbocycles. The number of nitrogens with one attached hydrogen (secondary N) is 1. The van der Waals surface area contributed by atoms with Crippen molar-refractivity contribution in [1.82, 2.24) is 4.72 Å². The maximum atomic E-state index is 9.95. The zero-order valence-corrected chi connectivity index (χ0v) is 8.05. The van der Waals surface area contributed by atoms with Gasteiger partial charge >= 0.3 is 0 Å². The highest BCUT2D eigenvalue weighted by Crippen LogP contribution is 1.77. The summed E-state index contributed by atoms with van der Waals surface area (Å²) in [5.41, 5.74) is 0. The molecule has 1 unspecified atom stereocenters. The van der Waals surface area contributed by atoms with Crippen molar-refractivity contribution in [2.45, 2.75) is 0 Å². The van der Waals surface area contributed by atoms with E-state index in [0.717, 1.165) is 0 Å². The highest BCUT2D eigenvalue weighted by Gasteiger charge is 1.89. The second kappa shape index (κ2) is 10.0. The van der Waals surface area contributed by atoms with Gasteiger partial charge in [-0.2, -0.15) is 0 Å². The number of hydrogen-bond donors (Lipinski definition) is 2. The van der Waals surface area contributed by atoms with E-state index in [0.29, 0.717) is 26.4 Å². The molecule has 0 spiro atoms. The maximum Gasteiger partial charge on any atom is 0.0701 e. The van der Waals surface area contributed by atoms with Crippen LogP contribution in [0.4, 0.5) is 0 Å². The van der Waals surface area contributed by atoms with Gasteiger partial charge in [0.25, 0.3) is 0 Å². The van der Waals surface area contributed by atoms with E-state index in [1.807, 2.05) is 0 Å². The highest BCUT2D eigenvalue weighted by molar-refractivity contribution is 7.77. The van der Waals surface area contributed by atoms with Crippen LogP contribution in [-0.2, 0) is 20.7 Å². The minimum absolute atomic E-state index is 0.00325. The van der Waals surface area contributed by atoms with Crippen molar-refractivity contribution in [1.29, 1.82) is 0 Å². The van der Waals surface area contributed by atoms with Crippen LogP contribution in [0.1, 0.15) is 0 Å². The molecule has 0 saturated carbocycles. The molecule has 0 saturated heterocycles. The van der Waals surface area contributed by atoms with E-state index < -0.39 is 11.3 Å². The van der Waals surface area contributed by atoms with Crippen LogP contribution in [0.15, 0.2) is 0 Å². The lowest BCUT2D eigenvalue weighted by molar-refractivity contribution is 0.0348. The van der Waals surface area contributed by atoms with Gasteiger partial charge in [-0.15, -0.1) is 0 Å². The van der Waals surface area contributed by atoms with Crippen molar-refractivity contribution in [3.8, 4) is 0 Å². The standard InChI is InChI=1S/C6H15NO5S/c8-2-4-12-6-5-11-3-1-7-13(9)10/h7-8H,1-6H2,(H,9,10)/p-1. The normalized spacial score (nSPS) is 13.1. The molecule has 80 valence electrons. The first-order chi connectivity index (χ1) is 6.27. The van der Waals surface area contributed by atoms with Crippen molar-refractivity contribution >= 4 is 11.3 Å². The Balaban J connectivity index is 2.87. The van der Waals surface area contributed by atoms with Crippen LogP contribution >= 0.6 is 0 Å². The van der Waals surface area contributed by atoms with Crippen LogP contribution in [-0.4, -0.2) is 53.4 Å². The van der Waals surface area contributed by atoms with Gasteiger partial charge in [0.05, 0.1) is 33.0 Å². The monoisotopic (exact) mass is 212 g/mol. The van der Waals surface area contributed by atoms with Crippen molar-refractivity contribution in [2.24, 2.45) is 0 Å². The van der Waals surface area contributed by atoms with Crippen LogP contribution in [0, 0.1) is 0 Å². The second-order valence-electron chi connectivity index (χ2n) is 2.08. The third kappa shape index (κ3) is 12.0. The Labute approximate surface area is 79.6 Å². The van der Waals surface area contributed by atoms with Crippen molar-refractivity contribution in [3.05, 3.63) is 0 Å². The number of aliphatic hydroxyl groups excluding tert-OH is 1. The van der Waals surface area contributed by atoms with E-state index in [1.165, 1.54) is 0 Å². The van der Waals surface area contributed by atoms with E-state index in [1.54, 1.807) is 0 Å². The summed E-state index contributed by atoms with van der Waals surface area (Å²) in [6.45, 7) is 1.67. The van der Waals surface area contributed by atoms with E-state index >= 15 is 0 Å². The first-order valence-electron chi connectivity index (χ1n) is 3.86. The summed E-state index contributed by atoms with van der Waals surface area (Å²) in [4.78, 5) is 0. The lowest BCUT2D eigenvalue weighted by Crippen LogP contribution is -2.22. The predicted octanol–water partition coefficient (Wildman–Crippen LogP) is -1.60. The van der Waals surface area contributed by atoms with Gasteiger partial charge in [-0.1, -0.05) is 0 Å². The van der Waals surface area contributed by atoms with Gasteiger partial charge in [0, 0.05) is 17.8 Å². The SMILES string of the molecule is O=S([O-])NCCOCCOCCO. The fourth-order valence-corrected chi connectivity index (χ4v) is 0.834. The van der Waals surface area contributed by atoms with Crippen molar-refractivity contribution < 1.29 is 23.3 Å². The first kappa shape index (κ1) is 12.9. The Morgan fingerprint density at radius 2 is 1.85 bits per heavy atom. The van der Waals surface area contributed by atoms with E-state index in [-0.39, 0.29) is 13.2 Å². The summed E-state index contributed by atoms with van der Waals surface area (Å²) in [7, 11) is 0. The molecule has 1 atom stereocenters. The number of ether oxygens (including phenoxy) is 2. The van der Waals surface area contributed by atoms with E-state index in [2.05, 4.69) is 4.72 Å². The van der Waals surface area contributed by atoms with Crippen molar-refractivity contribution in [2.75, 3.05) is 39.6 Å². The number of aliphatic hydroxyl groups is 1. The molecule has 0 aliphatic rings. The third-order valence-corrected chi connectivity index (χ3v) is 1.51. The molecular formula is C6H14NO5S-. The maximum absolute atomic E-state index is 9.95.